The van der Waals surface area contributed by atoms with Crippen LogP contribution in [0.3, 0.4) is 0 Å². The number of amides is 1. The molecule has 0 radical (unpaired) electrons. The van der Waals surface area contributed by atoms with Crippen molar-refractivity contribution in [3.8, 4) is 5.75 Å². The number of anilines is 1. The van der Waals surface area contributed by atoms with E-state index in [9.17, 15) is 17.6 Å². The van der Waals surface area contributed by atoms with E-state index in [1.807, 2.05) is 0 Å². The van der Waals surface area contributed by atoms with Gasteiger partial charge in [-0.3, -0.25) is 4.79 Å². The van der Waals surface area contributed by atoms with Crippen LogP contribution in [0.2, 0.25) is 0 Å². The predicted octanol–water partition coefficient (Wildman–Crippen LogP) is 2.50. The number of sulfonamides is 1. The van der Waals surface area contributed by atoms with E-state index in [4.69, 9.17) is 9.88 Å². The molecule has 0 fully saturated rings. The van der Waals surface area contributed by atoms with E-state index < -0.39 is 21.7 Å². The highest BCUT2D eigenvalue weighted by Crippen LogP contribution is 2.28. The van der Waals surface area contributed by atoms with Gasteiger partial charge in [-0.25, -0.2) is 17.9 Å². The largest absolute Gasteiger partial charge is 0.495 e. The Kier molecular flexibility index (Phi) is 5.03. The van der Waals surface area contributed by atoms with Gasteiger partial charge in [0.1, 0.15) is 11.6 Å². The third-order valence-corrected chi connectivity index (χ3v) is 4.33. The molecule has 0 atom stereocenters. The number of hydrogen-bond acceptors (Lipinski definition) is 4. The van der Waals surface area contributed by atoms with Gasteiger partial charge < -0.3 is 10.1 Å². The first-order valence-electron chi connectivity index (χ1n) is 6.19. The molecule has 9 heteroatoms. The molecule has 1 amide bonds. The van der Waals surface area contributed by atoms with E-state index in [0.717, 1.165) is 12.1 Å². The minimum absolute atomic E-state index is 0.0614. The highest BCUT2D eigenvalue weighted by Gasteiger charge is 2.17. The number of carbonyl (C=O) groups is 1. The summed E-state index contributed by atoms with van der Waals surface area (Å²) in [6.45, 7) is 0. The fourth-order valence-corrected chi connectivity index (χ4v) is 2.70. The van der Waals surface area contributed by atoms with E-state index in [1.165, 1.54) is 31.4 Å². The van der Waals surface area contributed by atoms with Gasteiger partial charge in [0.2, 0.25) is 10.0 Å². The van der Waals surface area contributed by atoms with Crippen LogP contribution in [0.15, 0.2) is 45.8 Å². The van der Waals surface area contributed by atoms with E-state index in [2.05, 4.69) is 21.2 Å². The topological polar surface area (TPSA) is 98.5 Å². The molecule has 2 aromatic rings. The Morgan fingerprint density at radius 1 is 1.26 bits per heavy atom. The molecule has 0 spiro atoms. The van der Waals surface area contributed by atoms with Gasteiger partial charge in [0.25, 0.3) is 5.91 Å². The average molecular weight is 403 g/mol. The summed E-state index contributed by atoms with van der Waals surface area (Å²) in [6.07, 6.45) is 0. The summed E-state index contributed by atoms with van der Waals surface area (Å²) < 4.78 is 42.1. The molecule has 0 unspecified atom stereocenters. The number of nitrogens with two attached hydrogens (primary N) is 1. The Morgan fingerprint density at radius 2 is 1.96 bits per heavy atom. The van der Waals surface area contributed by atoms with Crippen LogP contribution in [0.5, 0.6) is 5.75 Å². The monoisotopic (exact) mass is 402 g/mol. The second kappa shape index (κ2) is 6.65. The molecule has 2 rings (SSSR count). The third-order valence-electron chi connectivity index (χ3n) is 2.92. The number of halogens is 2. The van der Waals surface area contributed by atoms with Gasteiger partial charge in [-0.2, -0.15) is 0 Å². The van der Waals surface area contributed by atoms with Crippen LogP contribution in [-0.4, -0.2) is 21.4 Å². The Hall–Kier alpha value is -1.97. The minimum Gasteiger partial charge on any atom is -0.495 e. The van der Waals surface area contributed by atoms with E-state index >= 15 is 0 Å². The van der Waals surface area contributed by atoms with Crippen molar-refractivity contribution in [1.29, 1.82) is 0 Å². The lowest BCUT2D eigenvalue weighted by Gasteiger charge is -2.12. The summed E-state index contributed by atoms with van der Waals surface area (Å²) in [7, 11) is -2.60. The van der Waals surface area contributed by atoms with Crippen LogP contribution in [0, 0.1) is 5.82 Å². The van der Waals surface area contributed by atoms with Crippen molar-refractivity contribution in [3.63, 3.8) is 0 Å². The maximum absolute atomic E-state index is 13.8. The summed E-state index contributed by atoms with van der Waals surface area (Å²) in [5.74, 6) is -1.26. The second-order valence-electron chi connectivity index (χ2n) is 4.49. The lowest BCUT2D eigenvalue weighted by atomic mass is 10.2. The first kappa shape index (κ1) is 17.4. The molecule has 3 N–H and O–H groups in total. The lowest BCUT2D eigenvalue weighted by Crippen LogP contribution is -2.16. The molecule has 0 aliphatic carbocycles. The third kappa shape index (κ3) is 4.06. The smallest absolute Gasteiger partial charge is 0.258 e. The summed E-state index contributed by atoms with van der Waals surface area (Å²) in [6, 6.07) is 7.67. The Labute approximate surface area is 140 Å². The van der Waals surface area contributed by atoms with Crippen molar-refractivity contribution in [1.82, 2.24) is 0 Å². The number of benzene rings is 2. The van der Waals surface area contributed by atoms with Crippen LogP contribution in [-0.2, 0) is 10.0 Å². The molecular weight excluding hydrogens is 391 g/mol. The molecule has 2 aromatic carbocycles. The summed E-state index contributed by atoms with van der Waals surface area (Å²) in [5.41, 5.74) is -0.136. The highest BCUT2D eigenvalue weighted by molar-refractivity contribution is 9.10. The van der Waals surface area contributed by atoms with E-state index in [-0.39, 0.29) is 21.9 Å². The first-order valence-corrected chi connectivity index (χ1v) is 8.53. The van der Waals surface area contributed by atoms with Gasteiger partial charge in [0.05, 0.1) is 23.3 Å². The summed E-state index contributed by atoms with van der Waals surface area (Å²) >= 11 is 3.09. The fourth-order valence-electron chi connectivity index (χ4n) is 1.83. The zero-order valence-corrected chi connectivity index (χ0v) is 14.2. The van der Waals surface area contributed by atoms with Crippen molar-refractivity contribution in [2.75, 3.05) is 12.4 Å². The normalized spacial score (nSPS) is 11.1. The van der Waals surface area contributed by atoms with Crippen molar-refractivity contribution in [2.45, 2.75) is 4.90 Å². The number of nitrogens with one attached hydrogen (secondary N) is 1. The van der Waals surface area contributed by atoms with Gasteiger partial charge in [0.15, 0.2) is 0 Å². The molecule has 0 aromatic heterocycles. The first-order chi connectivity index (χ1) is 10.7. The number of carbonyl (C=O) groups excluding carboxylic acids is 1. The molecular formula is C14H12BrFN2O4S. The minimum atomic E-state index is -3.95. The molecule has 0 heterocycles. The van der Waals surface area contributed by atoms with Crippen LogP contribution in [0.1, 0.15) is 10.4 Å². The quantitative estimate of drug-likeness (QED) is 0.820. The molecule has 0 aliphatic rings. The number of primary sulfonamides is 1. The maximum Gasteiger partial charge on any atom is 0.258 e. The van der Waals surface area contributed by atoms with Crippen molar-refractivity contribution < 1.29 is 22.3 Å². The molecule has 23 heavy (non-hydrogen) atoms. The van der Waals surface area contributed by atoms with Crippen molar-refractivity contribution in [3.05, 3.63) is 52.3 Å². The fraction of sp³-hybridized carbons (Fsp3) is 0.0714. The molecule has 0 aliphatic heterocycles. The summed E-state index contributed by atoms with van der Waals surface area (Å²) in [5, 5.41) is 7.46. The Balaban J connectivity index is 2.40. The second-order valence-corrected chi connectivity index (χ2v) is 6.96. The molecule has 0 bridgehead atoms. The standard InChI is InChI=1S/C14H12BrFN2O4S/c1-22-13-5-3-9(23(17,20)21)7-12(13)18-14(19)10-4-2-8(15)6-11(10)16/h2-7H,1H3,(H,18,19)(H2,17,20,21). The van der Waals surface area contributed by atoms with Crippen LogP contribution in [0.25, 0.3) is 0 Å². The van der Waals surface area contributed by atoms with Crippen LogP contribution >= 0.6 is 15.9 Å². The highest BCUT2D eigenvalue weighted by atomic mass is 79.9. The van der Waals surface area contributed by atoms with Gasteiger partial charge in [-0.1, -0.05) is 15.9 Å². The molecule has 0 saturated carbocycles. The number of methoxy groups -OCH3 is 1. The van der Waals surface area contributed by atoms with E-state index in [1.54, 1.807) is 0 Å². The Morgan fingerprint density at radius 3 is 2.52 bits per heavy atom. The maximum atomic E-state index is 13.8. The zero-order chi connectivity index (χ0) is 17.2. The molecule has 122 valence electrons. The zero-order valence-electron chi connectivity index (χ0n) is 11.8. The number of hydrogen-bond donors (Lipinski definition) is 2. The van der Waals surface area contributed by atoms with Crippen LogP contribution < -0.4 is 15.2 Å². The Bertz CT molecular complexity index is 871. The molecule has 0 saturated heterocycles. The lowest BCUT2D eigenvalue weighted by molar-refractivity contribution is 0.102. The van der Waals surface area contributed by atoms with Gasteiger partial charge in [-0.15, -0.1) is 0 Å². The van der Waals surface area contributed by atoms with Crippen molar-refractivity contribution in [2.24, 2.45) is 5.14 Å². The number of ether oxygens (including phenoxy) is 1. The summed E-state index contributed by atoms with van der Waals surface area (Å²) in [4.78, 5) is 12.0. The van der Waals surface area contributed by atoms with Gasteiger partial charge >= 0.3 is 0 Å². The van der Waals surface area contributed by atoms with Gasteiger partial charge in [0, 0.05) is 4.47 Å². The number of rotatable bonds is 4. The van der Waals surface area contributed by atoms with E-state index in [0.29, 0.717) is 4.47 Å². The molecule has 6 nitrogen and oxygen atoms in total. The van der Waals surface area contributed by atoms with Gasteiger partial charge in [-0.05, 0) is 36.4 Å². The average Bonchev–Trinajstić information content (AvgIpc) is 2.46. The van der Waals surface area contributed by atoms with Crippen LogP contribution in [0.4, 0.5) is 10.1 Å². The SMILES string of the molecule is COc1ccc(S(N)(=O)=O)cc1NC(=O)c1ccc(Br)cc1F. The predicted molar refractivity (Wildman–Crippen MR) is 86.4 cm³/mol. The van der Waals surface area contributed by atoms with Crippen molar-refractivity contribution >= 4 is 37.5 Å².